The summed E-state index contributed by atoms with van der Waals surface area (Å²) in [7, 11) is 3.92. The molecule has 0 aliphatic carbocycles. The van der Waals surface area contributed by atoms with Crippen LogP contribution in [-0.2, 0) is 0 Å². The third-order valence-corrected chi connectivity index (χ3v) is 4.64. The first-order valence-corrected chi connectivity index (χ1v) is 8.53. The highest BCUT2D eigenvalue weighted by atomic mass is 35.5. The Bertz CT molecular complexity index is 852. The number of fused-ring (bicyclic) bond motifs is 1. The number of likely N-dealkylation sites (N-methyl/N-ethyl adjacent to an activating group) is 1. The molecule has 124 valence electrons. The van der Waals surface area contributed by atoms with Crippen molar-refractivity contribution in [2.75, 3.05) is 32.1 Å². The summed E-state index contributed by atoms with van der Waals surface area (Å²) in [6.07, 6.45) is 4.52. The molecule has 8 heteroatoms. The fourth-order valence-electron chi connectivity index (χ4n) is 2.13. The number of carbonyl (C=O) groups excluding carboxylic acids is 1. The van der Waals surface area contributed by atoms with Crippen LogP contribution in [0.15, 0.2) is 36.8 Å². The van der Waals surface area contributed by atoms with Gasteiger partial charge in [-0.1, -0.05) is 22.9 Å². The van der Waals surface area contributed by atoms with Gasteiger partial charge in [-0.25, -0.2) is 9.97 Å². The lowest BCUT2D eigenvalue weighted by molar-refractivity contribution is 0.0980. The third-order valence-electron chi connectivity index (χ3n) is 3.37. The SMILES string of the molecule is CN(C)CCN(C(=O)c1cnccn1)c1nc2ccc(Cl)cc2s1. The lowest BCUT2D eigenvalue weighted by Gasteiger charge is -2.21. The Morgan fingerprint density at radius 2 is 2.08 bits per heavy atom. The summed E-state index contributed by atoms with van der Waals surface area (Å²) in [5.41, 5.74) is 1.12. The number of thiazole rings is 1. The zero-order valence-electron chi connectivity index (χ0n) is 13.3. The fraction of sp³-hybridized carbons (Fsp3) is 0.250. The number of halogens is 1. The molecule has 0 fully saturated rings. The first-order valence-electron chi connectivity index (χ1n) is 7.33. The molecule has 24 heavy (non-hydrogen) atoms. The molecule has 0 N–H and O–H groups in total. The molecule has 2 aromatic heterocycles. The van der Waals surface area contributed by atoms with Gasteiger partial charge in [0.25, 0.3) is 5.91 Å². The summed E-state index contributed by atoms with van der Waals surface area (Å²) in [4.78, 5) is 29.2. The zero-order chi connectivity index (χ0) is 17.1. The molecular weight excluding hydrogens is 346 g/mol. The van der Waals surface area contributed by atoms with Gasteiger partial charge in [0.1, 0.15) is 5.69 Å². The minimum Gasteiger partial charge on any atom is -0.308 e. The summed E-state index contributed by atoms with van der Waals surface area (Å²) >= 11 is 7.48. The van der Waals surface area contributed by atoms with Gasteiger partial charge in [0, 0.05) is 30.5 Å². The maximum atomic E-state index is 12.8. The molecule has 2 heterocycles. The Kier molecular flexibility index (Phi) is 5.03. The number of nitrogens with zero attached hydrogens (tertiary/aromatic N) is 5. The van der Waals surface area contributed by atoms with Crippen molar-refractivity contribution in [3.05, 3.63) is 47.5 Å². The van der Waals surface area contributed by atoms with E-state index in [1.807, 2.05) is 31.1 Å². The van der Waals surface area contributed by atoms with Crippen LogP contribution in [0.1, 0.15) is 10.5 Å². The molecule has 0 bridgehead atoms. The van der Waals surface area contributed by atoms with Crippen LogP contribution in [0.5, 0.6) is 0 Å². The van der Waals surface area contributed by atoms with E-state index in [1.54, 1.807) is 17.2 Å². The van der Waals surface area contributed by atoms with E-state index in [0.29, 0.717) is 28.9 Å². The van der Waals surface area contributed by atoms with E-state index in [4.69, 9.17) is 11.6 Å². The van der Waals surface area contributed by atoms with E-state index < -0.39 is 0 Å². The average molecular weight is 362 g/mol. The molecule has 0 saturated heterocycles. The van der Waals surface area contributed by atoms with Crippen LogP contribution in [-0.4, -0.2) is 52.9 Å². The van der Waals surface area contributed by atoms with Crippen molar-refractivity contribution >= 4 is 44.2 Å². The second kappa shape index (κ2) is 7.21. The van der Waals surface area contributed by atoms with Crippen molar-refractivity contribution in [2.45, 2.75) is 0 Å². The molecule has 0 aliphatic heterocycles. The van der Waals surface area contributed by atoms with E-state index in [-0.39, 0.29) is 5.91 Å². The summed E-state index contributed by atoms with van der Waals surface area (Å²) < 4.78 is 0.944. The normalized spacial score (nSPS) is 11.2. The third kappa shape index (κ3) is 3.69. The van der Waals surface area contributed by atoms with Crippen LogP contribution >= 0.6 is 22.9 Å². The standard InChI is InChI=1S/C16H16ClN5OS/c1-21(2)7-8-22(15(23)13-10-18-5-6-19-13)16-20-12-4-3-11(17)9-14(12)24-16/h3-6,9-10H,7-8H2,1-2H3. The minimum atomic E-state index is -0.213. The van der Waals surface area contributed by atoms with E-state index in [9.17, 15) is 4.79 Å². The quantitative estimate of drug-likeness (QED) is 0.699. The number of aromatic nitrogens is 3. The molecule has 3 rings (SSSR count). The molecule has 0 atom stereocenters. The van der Waals surface area contributed by atoms with Crippen molar-refractivity contribution in [1.29, 1.82) is 0 Å². The summed E-state index contributed by atoms with van der Waals surface area (Å²) in [6.45, 7) is 1.22. The molecule has 3 aromatic rings. The largest absolute Gasteiger partial charge is 0.308 e. The topological polar surface area (TPSA) is 62.2 Å². The Labute approximate surface area is 148 Å². The number of rotatable bonds is 5. The number of amides is 1. The van der Waals surface area contributed by atoms with Crippen molar-refractivity contribution in [3.63, 3.8) is 0 Å². The van der Waals surface area contributed by atoms with Gasteiger partial charge in [-0.05, 0) is 32.3 Å². The molecule has 1 aromatic carbocycles. The van der Waals surface area contributed by atoms with Crippen LogP contribution in [0.2, 0.25) is 5.02 Å². The van der Waals surface area contributed by atoms with E-state index in [0.717, 1.165) is 10.2 Å². The number of hydrogen-bond donors (Lipinski definition) is 0. The highest BCUT2D eigenvalue weighted by Gasteiger charge is 2.22. The molecule has 0 aliphatic rings. The van der Waals surface area contributed by atoms with Crippen LogP contribution in [0, 0.1) is 0 Å². The van der Waals surface area contributed by atoms with Crippen LogP contribution < -0.4 is 4.90 Å². The molecule has 6 nitrogen and oxygen atoms in total. The van der Waals surface area contributed by atoms with Crippen LogP contribution in [0.3, 0.4) is 0 Å². The number of anilines is 1. The number of hydrogen-bond acceptors (Lipinski definition) is 6. The molecular formula is C16H16ClN5OS. The Balaban J connectivity index is 1.97. The summed E-state index contributed by atoms with van der Waals surface area (Å²) in [5.74, 6) is -0.213. The van der Waals surface area contributed by atoms with Crippen LogP contribution in [0.25, 0.3) is 10.2 Å². The van der Waals surface area contributed by atoms with Crippen molar-refractivity contribution < 1.29 is 4.79 Å². The molecule has 0 spiro atoms. The van der Waals surface area contributed by atoms with Gasteiger partial charge in [0.2, 0.25) is 0 Å². The maximum absolute atomic E-state index is 12.8. The highest BCUT2D eigenvalue weighted by molar-refractivity contribution is 7.22. The molecule has 0 saturated carbocycles. The van der Waals surface area contributed by atoms with E-state index in [1.165, 1.54) is 23.7 Å². The van der Waals surface area contributed by atoms with Gasteiger partial charge in [0.05, 0.1) is 16.4 Å². The monoisotopic (exact) mass is 361 g/mol. The Morgan fingerprint density at radius 1 is 1.25 bits per heavy atom. The molecule has 1 amide bonds. The van der Waals surface area contributed by atoms with Gasteiger partial charge in [-0.3, -0.25) is 14.7 Å². The zero-order valence-corrected chi connectivity index (χ0v) is 14.9. The fourth-order valence-corrected chi connectivity index (χ4v) is 3.40. The van der Waals surface area contributed by atoms with Gasteiger partial charge in [-0.2, -0.15) is 0 Å². The highest BCUT2D eigenvalue weighted by Crippen LogP contribution is 2.31. The van der Waals surface area contributed by atoms with Gasteiger partial charge in [-0.15, -0.1) is 0 Å². The number of carbonyl (C=O) groups is 1. The van der Waals surface area contributed by atoms with E-state index in [2.05, 4.69) is 15.0 Å². The lowest BCUT2D eigenvalue weighted by atomic mass is 10.3. The average Bonchev–Trinajstić information content (AvgIpc) is 2.98. The van der Waals surface area contributed by atoms with Gasteiger partial charge < -0.3 is 4.90 Å². The maximum Gasteiger partial charge on any atom is 0.280 e. The smallest absolute Gasteiger partial charge is 0.280 e. The predicted octanol–water partition coefficient (Wildman–Crippen LogP) is 2.95. The second-order valence-electron chi connectivity index (χ2n) is 5.46. The van der Waals surface area contributed by atoms with Crippen molar-refractivity contribution in [3.8, 4) is 0 Å². The van der Waals surface area contributed by atoms with Gasteiger partial charge >= 0.3 is 0 Å². The van der Waals surface area contributed by atoms with Crippen molar-refractivity contribution in [2.24, 2.45) is 0 Å². The Hall–Kier alpha value is -2.09. The number of benzene rings is 1. The lowest BCUT2D eigenvalue weighted by Crippen LogP contribution is -2.37. The first-order chi connectivity index (χ1) is 11.5. The molecule has 0 radical (unpaired) electrons. The van der Waals surface area contributed by atoms with Gasteiger partial charge in [0.15, 0.2) is 5.13 Å². The summed E-state index contributed by atoms with van der Waals surface area (Å²) in [6, 6.07) is 5.51. The van der Waals surface area contributed by atoms with Crippen LogP contribution in [0.4, 0.5) is 5.13 Å². The minimum absolute atomic E-state index is 0.213. The first kappa shape index (κ1) is 16.8. The second-order valence-corrected chi connectivity index (χ2v) is 6.90. The Morgan fingerprint density at radius 3 is 2.79 bits per heavy atom. The van der Waals surface area contributed by atoms with E-state index >= 15 is 0 Å². The molecule has 0 unspecified atom stereocenters. The predicted molar refractivity (Wildman–Crippen MR) is 96.9 cm³/mol. The van der Waals surface area contributed by atoms with Crippen molar-refractivity contribution in [1.82, 2.24) is 19.9 Å². The summed E-state index contributed by atoms with van der Waals surface area (Å²) in [5, 5.41) is 1.28.